The number of ether oxygens (including phenoxy) is 3. The summed E-state index contributed by atoms with van der Waals surface area (Å²) in [5, 5.41) is 2.74. The number of amides is 1. The topological polar surface area (TPSA) is 56.8 Å². The zero-order valence-electron chi connectivity index (χ0n) is 15.9. The third kappa shape index (κ3) is 4.97. The standard InChI is InChI=1S/C22H19ClFNO4/c1-27-19-10-15(22(26)25-18-9-8-16(24)12-17(18)23)11-20(28-2)21(19)29-13-14-6-4-3-5-7-14/h3-12H,13H2,1-2H3,(H,25,26). The maximum Gasteiger partial charge on any atom is 0.255 e. The van der Waals surface area contributed by atoms with Crippen LogP contribution >= 0.6 is 11.6 Å². The molecule has 0 aliphatic heterocycles. The highest BCUT2D eigenvalue weighted by Gasteiger charge is 2.18. The van der Waals surface area contributed by atoms with E-state index in [1.54, 1.807) is 0 Å². The van der Waals surface area contributed by atoms with Gasteiger partial charge in [0.15, 0.2) is 11.5 Å². The largest absolute Gasteiger partial charge is 0.493 e. The van der Waals surface area contributed by atoms with E-state index in [0.717, 1.165) is 11.6 Å². The van der Waals surface area contributed by atoms with E-state index in [2.05, 4.69) is 5.32 Å². The van der Waals surface area contributed by atoms with Crippen LogP contribution in [0.5, 0.6) is 17.2 Å². The van der Waals surface area contributed by atoms with E-state index >= 15 is 0 Å². The molecular formula is C22H19ClFNO4. The summed E-state index contributed by atoms with van der Waals surface area (Å²) in [7, 11) is 2.95. The number of halogens is 2. The van der Waals surface area contributed by atoms with Crippen molar-refractivity contribution < 1.29 is 23.4 Å². The van der Waals surface area contributed by atoms with E-state index in [1.165, 1.54) is 38.5 Å². The van der Waals surface area contributed by atoms with E-state index in [9.17, 15) is 9.18 Å². The van der Waals surface area contributed by atoms with Crippen LogP contribution in [0.1, 0.15) is 15.9 Å². The van der Waals surface area contributed by atoms with Crippen molar-refractivity contribution in [1.29, 1.82) is 0 Å². The highest BCUT2D eigenvalue weighted by atomic mass is 35.5. The lowest BCUT2D eigenvalue weighted by Crippen LogP contribution is -2.13. The first-order chi connectivity index (χ1) is 14.0. The number of methoxy groups -OCH3 is 2. The summed E-state index contributed by atoms with van der Waals surface area (Å²) in [4.78, 5) is 12.7. The van der Waals surface area contributed by atoms with Crippen LogP contribution in [-0.2, 0) is 6.61 Å². The quantitative estimate of drug-likeness (QED) is 0.566. The van der Waals surface area contributed by atoms with Crippen molar-refractivity contribution in [2.24, 2.45) is 0 Å². The lowest BCUT2D eigenvalue weighted by molar-refractivity contribution is 0.102. The van der Waals surface area contributed by atoms with E-state index < -0.39 is 11.7 Å². The summed E-state index contributed by atoms with van der Waals surface area (Å²) in [6.45, 7) is 0.310. The molecule has 5 nitrogen and oxygen atoms in total. The van der Waals surface area contributed by atoms with Crippen LogP contribution in [0.15, 0.2) is 60.7 Å². The summed E-state index contributed by atoms with van der Waals surface area (Å²) >= 11 is 5.98. The van der Waals surface area contributed by atoms with Crippen molar-refractivity contribution in [2.45, 2.75) is 6.61 Å². The van der Waals surface area contributed by atoms with Crippen LogP contribution in [-0.4, -0.2) is 20.1 Å². The van der Waals surface area contributed by atoms with Crippen LogP contribution in [0, 0.1) is 5.82 Å². The molecule has 1 N–H and O–H groups in total. The number of rotatable bonds is 7. The van der Waals surface area contributed by atoms with Gasteiger partial charge in [0.2, 0.25) is 5.75 Å². The summed E-state index contributed by atoms with van der Waals surface area (Å²) < 4.78 is 29.9. The molecule has 7 heteroatoms. The number of carbonyl (C=O) groups is 1. The zero-order chi connectivity index (χ0) is 20.8. The first-order valence-electron chi connectivity index (χ1n) is 8.71. The Kier molecular flexibility index (Phi) is 6.57. The number of hydrogen-bond acceptors (Lipinski definition) is 4. The lowest BCUT2D eigenvalue weighted by atomic mass is 10.1. The van der Waals surface area contributed by atoms with Gasteiger partial charge in [0.05, 0.1) is 24.9 Å². The summed E-state index contributed by atoms with van der Waals surface area (Å²) in [6.07, 6.45) is 0. The predicted octanol–water partition coefficient (Wildman–Crippen LogP) is 5.33. The number of carbonyl (C=O) groups excluding carboxylic acids is 1. The fraction of sp³-hybridized carbons (Fsp3) is 0.136. The van der Waals surface area contributed by atoms with Crippen molar-refractivity contribution >= 4 is 23.2 Å². The van der Waals surface area contributed by atoms with E-state index in [1.807, 2.05) is 30.3 Å². The van der Waals surface area contributed by atoms with Gasteiger partial charge in [-0.1, -0.05) is 41.9 Å². The molecular weight excluding hydrogens is 397 g/mol. The molecule has 3 aromatic carbocycles. The Morgan fingerprint density at radius 1 is 1.00 bits per heavy atom. The molecule has 0 saturated heterocycles. The van der Waals surface area contributed by atoms with Gasteiger partial charge >= 0.3 is 0 Å². The zero-order valence-corrected chi connectivity index (χ0v) is 16.6. The second-order valence-electron chi connectivity index (χ2n) is 6.06. The molecule has 29 heavy (non-hydrogen) atoms. The Balaban J connectivity index is 1.85. The van der Waals surface area contributed by atoms with Crippen molar-refractivity contribution in [2.75, 3.05) is 19.5 Å². The SMILES string of the molecule is COc1cc(C(=O)Nc2ccc(F)cc2Cl)cc(OC)c1OCc1ccccc1. The Morgan fingerprint density at radius 2 is 1.66 bits per heavy atom. The molecule has 0 atom stereocenters. The minimum Gasteiger partial charge on any atom is -0.493 e. The molecule has 0 unspecified atom stereocenters. The van der Waals surface area contributed by atoms with Crippen molar-refractivity contribution in [1.82, 2.24) is 0 Å². The van der Waals surface area contributed by atoms with Crippen molar-refractivity contribution in [3.63, 3.8) is 0 Å². The monoisotopic (exact) mass is 415 g/mol. The highest BCUT2D eigenvalue weighted by molar-refractivity contribution is 6.33. The lowest BCUT2D eigenvalue weighted by Gasteiger charge is -2.16. The average molecular weight is 416 g/mol. The van der Waals surface area contributed by atoms with Gasteiger partial charge in [0.1, 0.15) is 12.4 Å². The Bertz CT molecular complexity index is 986. The molecule has 0 aliphatic rings. The van der Waals surface area contributed by atoms with Gasteiger partial charge in [0, 0.05) is 5.56 Å². The fourth-order valence-corrected chi connectivity index (χ4v) is 2.88. The molecule has 0 fully saturated rings. The smallest absolute Gasteiger partial charge is 0.255 e. The van der Waals surface area contributed by atoms with Crippen LogP contribution in [0.2, 0.25) is 5.02 Å². The molecule has 3 rings (SSSR count). The minimum atomic E-state index is -0.490. The fourth-order valence-electron chi connectivity index (χ4n) is 2.67. The average Bonchev–Trinajstić information content (AvgIpc) is 2.74. The number of anilines is 1. The molecule has 0 heterocycles. The van der Waals surface area contributed by atoms with Crippen LogP contribution in [0.25, 0.3) is 0 Å². The van der Waals surface area contributed by atoms with Crippen molar-refractivity contribution in [3.05, 3.63) is 82.6 Å². The summed E-state index contributed by atoms with van der Waals surface area (Å²) in [6, 6.07) is 16.4. The van der Waals surface area contributed by atoms with Crippen LogP contribution in [0.3, 0.4) is 0 Å². The van der Waals surface area contributed by atoms with Gasteiger partial charge in [0.25, 0.3) is 5.91 Å². The Labute approximate surface area is 173 Å². The molecule has 0 spiro atoms. The molecule has 150 valence electrons. The molecule has 0 radical (unpaired) electrons. The van der Waals surface area contributed by atoms with Crippen molar-refractivity contribution in [3.8, 4) is 17.2 Å². The third-order valence-corrected chi connectivity index (χ3v) is 4.44. The summed E-state index contributed by atoms with van der Waals surface area (Å²) in [5.41, 5.74) is 1.54. The second-order valence-corrected chi connectivity index (χ2v) is 6.47. The van der Waals surface area contributed by atoms with E-state index in [0.29, 0.717) is 29.5 Å². The molecule has 0 saturated carbocycles. The molecule has 0 bridgehead atoms. The van der Waals surface area contributed by atoms with E-state index in [4.69, 9.17) is 25.8 Å². The minimum absolute atomic E-state index is 0.0973. The molecule has 0 aromatic heterocycles. The van der Waals surface area contributed by atoms with Gasteiger partial charge in [-0.2, -0.15) is 0 Å². The van der Waals surface area contributed by atoms with Gasteiger partial charge in [-0.05, 0) is 35.9 Å². The van der Waals surface area contributed by atoms with E-state index in [-0.39, 0.29) is 10.6 Å². The maximum absolute atomic E-state index is 13.2. The second kappa shape index (κ2) is 9.30. The summed E-state index contributed by atoms with van der Waals surface area (Å²) in [5.74, 6) is 0.127. The highest BCUT2D eigenvalue weighted by Crippen LogP contribution is 2.39. The number of benzene rings is 3. The number of hydrogen-bond donors (Lipinski definition) is 1. The first-order valence-corrected chi connectivity index (χ1v) is 9.08. The van der Waals surface area contributed by atoms with Gasteiger partial charge in [-0.15, -0.1) is 0 Å². The molecule has 0 aliphatic carbocycles. The molecule has 1 amide bonds. The number of nitrogens with one attached hydrogen (secondary N) is 1. The van der Waals surface area contributed by atoms with Crippen LogP contribution < -0.4 is 19.5 Å². The third-order valence-electron chi connectivity index (χ3n) is 4.13. The normalized spacial score (nSPS) is 10.3. The predicted molar refractivity (Wildman–Crippen MR) is 110 cm³/mol. The Hall–Kier alpha value is -3.25. The first kappa shape index (κ1) is 20.5. The van der Waals surface area contributed by atoms with Gasteiger partial charge in [-0.25, -0.2) is 4.39 Å². The van der Waals surface area contributed by atoms with Gasteiger partial charge < -0.3 is 19.5 Å². The Morgan fingerprint density at radius 3 is 2.24 bits per heavy atom. The van der Waals surface area contributed by atoms with Gasteiger partial charge in [-0.3, -0.25) is 4.79 Å². The maximum atomic E-state index is 13.2. The molecule has 3 aromatic rings. The van der Waals surface area contributed by atoms with Crippen LogP contribution in [0.4, 0.5) is 10.1 Å².